The number of hydrogen-bond donors (Lipinski definition) is 1. The summed E-state index contributed by atoms with van der Waals surface area (Å²) in [7, 11) is 0. The van der Waals surface area contributed by atoms with Crippen LogP contribution in [-0.4, -0.2) is 35.8 Å². The van der Waals surface area contributed by atoms with Gasteiger partial charge in [-0.1, -0.05) is 23.7 Å². The fraction of sp³-hybridized carbons (Fsp3) is 0.300. The molecule has 1 saturated heterocycles. The minimum absolute atomic E-state index is 0.0283. The zero-order valence-corrected chi connectivity index (χ0v) is 16.4. The van der Waals surface area contributed by atoms with Gasteiger partial charge in [0.25, 0.3) is 11.8 Å². The van der Waals surface area contributed by atoms with E-state index in [2.05, 4.69) is 5.32 Å². The van der Waals surface area contributed by atoms with Gasteiger partial charge in [0.1, 0.15) is 4.88 Å². The number of halogens is 1. The zero-order chi connectivity index (χ0) is 19.0. The molecule has 1 fully saturated rings. The van der Waals surface area contributed by atoms with Crippen molar-refractivity contribution in [2.24, 2.45) is 0 Å². The quantitative estimate of drug-likeness (QED) is 0.702. The van der Waals surface area contributed by atoms with Gasteiger partial charge in [0, 0.05) is 29.2 Å². The molecule has 2 aromatic heterocycles. The number of piperidine rings is 1. The van der Waals surface area contributed by atoms with E-state index in [1.807, 2.05) is 25.1 Å². The van der Waals surface area contributed by atoms with Crippen molar-refractivity contribution >= 4 is 44.8 Å². The molecule has 0 aliphatic carbocycles. The Hall–Kier alpha value is -2.31. The standard InChI is InChI=1S/C20H19ClN2O3S/c1-12-4-2-6-15-16(12)17(21)18(27-15)19(24)22-13-7-9-23(10-8-13)20(25)14-5-3-11-26-14/h2-6,11,13H,7-10H2,1H3,(H,22,24). The summed E-state index contributed by atoms with van der Waals surface area (Å²) in [5, 5.41) is 4.55. The minimum atomic E-state index is -0.142. The Labute approximate surface area is 165 Å². The van der Waals surface area contributed by atoms with E-state index in [-0.39, 0.29) is 17.9 Å². The van der Waals surface area contributed by atoms with Gasteiger partial charge in [0.2, 0.25) is 0 Å². The predicted molar refractivity (Wildman–Crippen MR) is 107 cm³/mol. The zero-order valence-electron chi connectivity index (χ0n) is 14.8. The molecule has 0 bridgehead atoms. The first-order chi connectivity index (χ1) is 13.0. The lowest BCUT2D eigenvalue weighted by molar-refractivity contribution is 0.0667. The van der Waals surface area contributed by atoms with Crippen LogP contribution in [0.25, 0.3) is 10.1 Å². The Morgan fingerprint density at radius 3 is 2.67 bits per heavy atom. The number of thiophene rings is 1. The summed E-state index contributed by atoms with van der Waals surface area (Å²) >= 11 is 7.90. The molecule has 3 heterocycles. The summed E-state index contributed by atoms with van der Waals surface area (Å²) in [6.07, 6.45) is 2.91. The van der Waals surface area contributed by atoms with Crippen molar-refractivity contribution in [1.82, 2.24) is 10.2 Å². The topological polar surface area (TPSA) is 62.6 Å². The molecule has 27 heavy (non-hydrogen) atoms. The molecule has 0 unspecified atom stereocenters. The molecule has 1 aliphatic heterocycles. The largest absolute Gasteiger partial charge is 0.459 e. The predicted octanol–water partition coefficient (Wildman–Crippen LogP) is 4.49. The second-order valence-corrected chi connectivity index (χ2v) is 8.14. The van der Waals surface area contributed by atoms with Gasteiger partial charge in [0.05, 0.1) is 11.3 Å². The first kappa shape index (κ1) is 18.1. The average molecular weight is 403 g/mol. The van der Waals surface area contributed by atoms with Crippen molar-refractivity contribution in [2.45, 2.75) is 25.8 Å². The van der Waals surface area contributed by atoms with Crippen LogP contribution in [0.3, 0.4) is 0 Å². The molecule has 140 valence electrons. The lowest BCUT2D eigenvalue weighted by Gasteiger charge is -2.31. The summed E-state index contributed by atoms with van der Waals surface area (Å²) in [6, 6.07) is 9.35. The number of aryl methyl sites for hydroxylation is 1. The lowest BCUT2D eigenvalue weighted by atomic mass is 10.0. The van der Waals surface area contributed by atoms with Crippen molar-refractivity contribution in [3.05, 3.63) is 57.8 Å². The Morgan fingerprint density at radius 1 is 1.22 bits per heavy atom. The second-order valence-electron chi connectivity index (χ2n) is 6.71. The number of carbonyl (C=O) groups excluding carboxylic acids is 2. The highest BCUT2D eigenvalue weighted by molar-refractivity contribution is 7.21. The molecule has 0 spiro atoms. The van der Waals surface area contributed by atoms with Gasteiger partial charge in [0.15, 0.2) is 5.76 Å². The van der Waals surface area contributed by atoms with Crippen LogP contribution in [0.2, 0.25) is 5.02 Å². The number of rotatable bonds is 3. The number of carbonyl (C=O) groups is 2. The van der Waals surface area contributed by atoms with Crippen molar-refractivity contribution in [3.63, 3.8) is 0 Å². The molecule has 1 N–H and O–H groups in total. The number of amides is 2. The van der Waals surface area contributed by atoms with Crippen LogP contribution in [0.1, 0.15) is 38.6 Å². The van der Waals surface area contributed by atoms with Crippen LogP contribution in [0.5, 0.6) is 0 Å². The van der Waals surface area contributed by atoms with Crippen LogP contribution in [0.4, 0.5) is 0 Å². The van der Waals surface area contributed by atoms with Gasteiger partial charge in [-0.05, 0) is 43.5 Å². The van der Waals surface area contributed by atoms with Crippen molar-refractivity contribution in [2.75, 3.05) is 13.1 Å². The van der Waals surface area contributed by atoms with E-state index in [0.29, 0.717) is 41.6 Å². The summed E-state index contributed by atoms with van der Waals surface area (Å²) in [4.78, 5) is 27.4. The third-order valence-electron chi connectivity index (χ3n) is 4.92. The van der Waals surface area contributed by atoms with Crippen LogP contribution < -0.4 is 5.32 Å². The maximum absolute atomic E-state index is 12.7. The molecule has 7 heteroatoms. The smallest absolute Gasteiger partial charge is 0.289 e. The van der Waals surface area contributed by atoms with Gasteiger partial charge in [-0.15, -0.1) is 11.3 Å². The number of likely N-dealkylation sites (tertiary alicyclic amines) is 1. The first-order valence-electron chi connectivity index (χ1n) is 8.86. The second kappa shape index (κ2) is 7.37. The molecule has 1 aliphatic rings. The van der Waals surface area contributed by atoms with Gasteiger partial charge in [-0.3, -0.25) is 9.59 Å². The Balaban J connectivity index is 1.41. The van der Waals surface area contributed by atoms with Crippen LogP contribution in [0, 0.1) is 6.92 Å². The van der Waals surface area contributed by atoms with Crippen LogP contribution in [0.15, 0.2) is 41.0 Å². The summed E-state index contributed by atoms with van der Waals surface area (Å²) in [5.74, 6) is 0.106. The number of nitrogens with zero attached hydrogens (tertiary/aromatic N) is 1. The van der Waals surface area contributed by atoms with Gasteiger partial charge >= 0.3 is 0 Å². The normalized spacial score (nSPS) is 15.3. The molecule has 0 atom stereocenters. The van der Waals surface area contributed by atoms with E-state index in [1.54, 1.807) is 17.0 Å². The minimum Gasteiger partial charge on any atom is -0.459 e. The fourth-order valence-electron chi connectivity index (χ4n) is 3.46. The van der Waals surface area contributed by atoms with E-state index in [9.17, 15) is 9.59 Å². The third-order valence-corrected chi connectivity index (χ3v) is 6.56. The van der Waals surface area contributed by atoms with E-state index in [1.165, 1.54) is 17.6 Å². The highest BCUT2D eigenvalue weighted by Gasteiger charge is 2.27. The maximum Gasteiger partial charge on any atom is 0.289 e. The number of nitrogens with one attached hydrogen (secondary N) is 1. The van der Waals surface area contributed by atoms with E-state index in [4.69, 9.17) is 16.0 Å². The fourth-order valence-corrected chi connectivity index (χ4v) is 5.04. The SMILES string of the molecule is Cc1cccc2sc(C(=O)NC3CCN(C(=O)c4ccco4)CC3)c(Cl)c12. The maximum atomic E-state index is 12.7. The molecule has 0 radical (unpaired) electrons. The monoisotopic (exact) mass is 402 g/mol. The summed E-state index contributed by atoms with van der Waals surface area (Å²) in [6.45, 7) is 3.17. The Morgan fingerprint density at radius 2 is 2.00 bits per heavy atom. The van der Waals surface area contributed by atoms with Crippen LogP contribution >= 0.6 is 22.9 Å². The molecule has 4 rings (SSSR count). The van der Waals surface area contributed by atoms with Crippen molar-refractivity contribution in [1.29, 1.82) is 0 Å². The average Bonchev–Trinajstić information content (AvgIpc) is 3.31. The Bertz CT molecular complexity index is 988. The number of furan rings is 1. The number of hydrogen-bond acceptors (Lipinski definition) is 4. The summed E-state index contributed by atoms with van der Waals surface area (Å²) in [5.41, 5.74) is 1.07. The molecule has 0 saturated carbocycles. The van der Waals surface area contributed by atoms with Crippen molar-refractivity contribution < 1.29 is 14.0 Å². The molecular weight excluding hydrogens is 384 g/mol. The van der Waals surface area contributed by atoms with E-state index < -0.39 is 0 Å². The Kier molecular flexibility index (Phi) is 4.93. The molecule has 2 amide bonds. The third kappa shape index (κ3) is 3.47. The number of benzene rings is 1. The van der Waals surface area contributed by atoms with Gasteiger partial charge in [-0.25, -0.2) is 0 Å². The summed E-state index contributed by atoms with van der Waals surface area (Å²) < 4.78 is 6.19. The van der Waals surface area contributed by atoms with E-state index in [0.717, 1.165) is 15.6 Å². The molecule has 5 nitrogen and oxygen atoms in total. The lowest BCUT2D eigenvalue weighted by Crippen LogP contribution is -2.46. The molecule has 3 aromatic rings. The number of fused-ring (bicyclic) bond motifs is 1. The van der Waals surface area contributed by atoms with Crippen molar-refractivity contribution in [3.8, 4) is 0 Å². The van der Waals surface area contributed by atoms with E-state index >= 15 is 0 Å². The van der Waals surface area contributed by atoms with Gasteiger partial charge < -0.3 is 14.6 Å². The first-order valence-corrected chi connectivity index (χ1v) is 10.1. The highest BCUT2D eigenvalue weighted by Crippen LogP contribution is 2.37. The molecule has 1 aromatic carbocycles. The van der Waals surface area contributed by atoms with Crippen LogP contribution in [-0.2, 0) is 0 Å². The van der Waals surface area contributed by atoms with Gasteiger partial charge in [-0.2, -0.15) is 0 Å². The highest BCUT2D eigenvalue weighted by atomic mass is 35.5. The molecular formula is C20H19ClN2O3S.